The van der Waals surface area contributed by atoms with Gasteiger partial charge >= 0.3 is 0 Å². The Morgan fingerprint density at radius 3 is 3.30 bits per heavy atom. The van der Waals surface area contributed by atoms with Crippen molar-refractivity contribution in [1.29, 1.82) is 0 Å². The zero-order valence-corrected chi connectivity index (χ0v) is 6.21. The van der Waals surface area contributed by atoms with Crippen LogP contribution in [0.3, 0.4) is 0 Å². The Labute approximate surface area is 61.6 Å². The Bertz CT molecular complexity index is 126. The molecule has 0 spiro atoms. The number of nitrogens with two attached hydrogens (primary N) is 1. The Balaban J connectivity index is 1.96. The molecule has 2 heterocycles. The molecule has 2 unspecified atom stereocenters. The molecule has 0 radical (unpaired) electrons. The van der Waals surface area contributed by atoms with E-state index in [2.05, 4.69) is 10.2 Å². The average molecular weight is 141 g/mol. The molecule has 3 heteroatoms. The fourth-order valence-electron chi connectivity index (χ4n) is 1.93. The lowest BCUT2D eigenvalue weighted by Gasteiger charge is -2.34. The highest BCUT2D eigenvalue weighted by molar-refractivity contribution is 4.86. The van der Waals surface area contributed by atoms with E-state index in [1.807, 2.05) is 0 Å². The molecule has 3 N–H and O–H groups in total. The van der Waals surface area contributed by atoms with Gasteiger partial charge in [-0.05, 0) is 19.4 Å². The van der Waals surface area contributed by atoms with E-state index in [0.29, 0.717) is 12.2 Å². The lowest BCUT2D eigenvalue weighted by Crippen LogP contribution is -2.57. The molecule has 2 atom stereocenters. The number of nitrogens with zero attached hydrogens (tertiary/aromatic N) is 1. The van der Waals surface area contributed by atoms with Crippen molar-refractivity contribution in [1.82, 2.24) is 10.2 Å². The van der Waals surface area contributed by atoms with Crippen molar-refractivity contribution in [2.45, 2.75) is 25.0 Å². The van der Waals surface area contributed by atoms with Crippen LogP contribution in [-0.4, -0.2) is 36.7 Å². The largest absolute Gasteiger partial charge is 0.325 e. The van der Waals surface area contributed by atoms with E-state index in [-0.39, 0.29) is 0 Å². The minimum Gasteiger partial charge on any atom is -0.325 e. The maximum atomic E-state index is 5.79. The quantitative estimate of drug-likeness (QED) is 0.470. The zero-order chi connectivity index (χ0) is 6.97. The number of rotatable bonds is 0. The molecule has 58 valence electrons. The smallest absolute Gasteiger partial charge is 0.0598 e. The molecular weight excluding hydrogens is 126 g/mol. The highest BCUT2D eigenvalue weighted by Crippen LogP contribution is 2.16. The van der Waals surface area contributed by atoms with Crippen LogP contribution in [0.2, 0.25) is 0 Å². The van der Waals surface area contributed by atoms with Crippen molar-refractivity contribution in [3.05, 3.63) is 0 Å². The summed E-state index contributed by atoms with van der Waals surface area (Å²) in [5.74, 6) is 0. The number of fused-ring (bicyclic) bond motifs is 1. The van der Waals surface area contributed by atoms with Crippen molar-refractivity contribution in [3.63, 3.8) is 0 Å². The van der Waals surface area contributed by atoms with Crippen molar-refractivity contribution in [2.24, 2.45) is 5.73 Å². The first kappa shape index (κ1) is 6.58. The molecule has 0 aromatic rings. The molecule has 2 rings (SSSR count). The number of hydrogen-bond acceptors (Lipinski definition) is 3. The Hall–Kier alpha value is -0.120. The van der Waals surface area contributed by atoms with Crippen LogP contribution in [0.5, 0.6) is 0 Å². The van der Waals surface area contributed by atoms with Gasteiger partial charge in [0.15, 0.2) is 0 Å². The third-order valence-corrected chi connectivity index (χ3v) is 2.45. The van der Waals surface area contributed by atoms with Crippen molar-refractivity contribution >= 4 is 0 Å². The van der Waals surface area contributed by atoms with Gasteiger partial charge in [0.25, 0.3) is 0 Å². The summed E-state index contributed by atoms with van der Waals surface area (Å²) in [5.41, 5.74) is 5.79. The summed E-state index contributed by atoms with van der Waals surface area (Å²) in [6.45, 7) is 3.34. The third kappa shape index (κ3) is 1.05. The van der Waals surface area contributed by atoms with E-state index < -0.39 is 0 Å². The molecule has 2 aliphatic rings. The van der Waals surface area contributed by atoms with Gasteiger partial charge in [-0.1, -0.05) is 0 Å². The van der Waals surface area contributed by atoms with Gasteiger partial charge in [0, 0.05) is 19.1 Å². The van der Waals surface area contributed by atoms with Crippen LogP contribution in [0.15, 0.2) is 0 Å². The van der Waals surface area contributed by atoms with Crippen molar-refractivity contribution in [3.8, 4) is 0 Å². The fraction of sp³-hybridized carbons (Fsp3) is 1.00. The Morgan fingerprint density at radius 1 is 1.50 bits per heavy atom. The summed E-state index contributed by atoms with van der Waals surface area (Å²) >= 11 is 0. The maximum Gasteiger partial charge on any atom is 0.0598 e. The molecule has 2 saturated heterocycles. The van der Waals surface area contributed by atoms with E-state index in [1.165, 1.54) is 19.4 Å². The first-order chi connectivity index (χ1) is 4.86. The van der Waals surface area contributed by atoms with Crippen LogP contribution in [0.25, 0.3) is 0 Å². The second-order valence-corrected chi connectivity index (χ2v) is 3.32. The van der Waals surface area contributed by atoms with E-state index in [1.54, 1.807) is 0 Å². The lowest BCUT2D eigenvalue weighted by molar-refractivity contribution is 0.163. The normalized spacial score (nSPS) is 41.7. The van der Waals surface area contributed by atoms with Gasteiger partial charge in [0.2, 0.25) is 0 Å². The predicted octanol–water partition coefficient (Wildman–Crippen LogP) is -0.661. The van der Waals surface area contributed by atoms with Crippen LogP contribution in [0.1, 0.15) is 12.8 Å². The van der Waals surface area contributed by atoms with Crippen LogP contribution < -0.4 is 11.1 Å². The minimum atomic E-state index is 0.356. The van der Waals surface area contributed by atoms with Crippen LogP contribution >= 0.6 is 0 Å². The monoisotopic (exact) mass is 141 g/mol. The summed E-state index contributed by atoms with van der Waals surface area (Å²) in [6, 6.07) is 0.356. The molecule has 10 heavy (non-hydrogen) atoms. The van der Waals surface area contributed by atoms with Crippen molar-refractivity contribution in [2.75, 3.05) is 19.6 Å². The SMILES string of the molecule is NC1CNC2CCCN2C1. The number of hydrogen-bond donors (Lipinski definition) is 2. The average Bonchev–Trinajstić information content (AvgIpc) is 2.33. The Morgan fingerprint density at radius 2 is 2.40 bits per heavy atom. The van der Waals surface area contributed by atoms with Gasteiger partial charge in [0.05, 0.1) is 6.17 Å². The zero-order valence-electron chi connectivity index (χ0n) is 6.21. The highest BCUT2D eigenvalue weighted by Gasteiger charge is 2.29. The highest BCUT2D eigenvalue weighted by atomic mass is 15.3. The molecule has 0 aliphatic carbocycles. The van der Waals surface area contributed by atoms with Gasteiger partial charge in [-0.2, -0.15) is 0 Å². The molecule has 0 amide bonds. The minimum absolute atomic E-state index is 0.356. The maximum absolute atomic E-state index is 5.79. The van der Waals surface area contributed by atoms with E-state index in [9.17, 15) is 0 Å². The molecule has 2 aliphatic heterocycles. The molecular formula is C7H15N3. The van der Waals surface area contributed by atoms with Gasteiger partial charge in [-0.25, -0.2) is 0 Å². The molecule has 0 bridgehead atoms. The lowest BCUT2D eigenvalue weighted by atomic mass is 10.2. The van der Waals surface area contributed by atoms with E-state index in [0.717, 1.165) is 13.1 Å². The molecule has 0 aromatic carbocycles. The topological polar surface area (TPSA) is 41.3 Å². The van der Waals surface area contributed by atoms with E-state index >= 15 is 0 Å². The first-order valence-electron chi connectivity index (χ1n) is 4.09. The fourth-order valence-corrected chi connectivity index (χ4v) is 1.93. The molecule has 3 nitrogen and oxygen atoms in total. The summed E-state index contributed by atoms with van der Waals surface area (Å²) in [4.78, 5) is 2.45. The second kappa shape index (κ2) is 2.49. The standard InChI is InChI=1S/C7H15N3/c8-6-4-9-7-2-1-3-10(7)5-6/h6-7,9H,1-5,8H2. The first-order valence-corrected chi connectivity index (χ1v) is 4.09. The second-order valence-electron chi connectivity index (χ2n) is 3.32. The third-order valence-electron chi connectivity index (χ3n) is 2.45. The molecule has 0 aromatic heterocycles. The summed E-state index contributed by atoms with van der Waals surface area (Å²) in [6.07, 6.45) is 3.30. The van der Waals surface area contributed by atoms with Crippen LogP contribution in [-0.2, 0) is 0 Å². The van der Waals surface area contributed by atoms with Crippen LogP contribution in [0, 0.1) is 0 Å². The van der Waals surface area contributed by atoms with Gasteiger partial charge in [-0.3, -0.25) is 4.90 Å². The number of nitrogens with one attached hydrogen (secondary N) is 1. The van der Waals surface area contributed by atoms with Crippen LogP contribution in [0.4, 0.5) is 0 Å². The predicted molar refractivity (Wildman–Crippen MR) is 40.6 cm³/mol. The van der Waals surface area contributed by atoms with Crippen molar-refractivity contribution < 1.29 is 0 Å². The van der Waals surface area contributed by atoms with Gasteiger partial charge in [0.1, 0.15) is 0 Å². The van der Waals surface area contributed by atoms with E-state index in [4.69, 9.17) is 5.73 Å². The summed E-state index contributed by atoms with van der Waals surface area (Å²) < 4.78 is 0. The molecule has 2 fully saturated rings. The van der Waals surface area contributed by atoms with Gasteiger partial charge in [-0.15, -0.1) is 0 Å². The Kier molecular flexibility index (Phi) is 1.64. The molecule has 0 saturated carbocycles. The summed E-state index contributed by atoms with van der Waals surface area (Å²) in [7, 11) is 0. The summed E-state index contributed by atoms with van der Waals surface area (Å²) in [5, 5.41) is 3.43. The van der Waals surface area contributed by atoms with Gasteiger partial charge < -0.3 is 11.1 Å².